The van der Waals surface area contributed by atoms with E-state index < -0.39 is 40.4 Å². The molecule has 0 unspecified atom stereocenters. The first-order valence-electron chi connectivity index (χ1n) is 6.04. The normalized spacial score (nSPS) is 11.3. The van der Waals surface area contributed by atoms with Crippen LogP contribution in [0.3, 0.4) is 0 Å². The lowest BCUT2D eigenvalue weighted by Crippen LogP contribution is -2.04. The molecule has 2 aromatic rings. The lowest BCUT2D eigenvalue weighted by molar-refractivity contribution is 0.104. The lowest BCUT2D eigenvalue weighted by atomic mass is 10.1. The number of ketones is 1. The van der Waals surface area contributed by atoms with E-state index in [9.17, 15) is 26.7 Å². The molecular formula is C15H4Cl3F5O. The van der Waals surface area contributed by atoms with Crippen LogP contribution in [-0.2, 0) is 0 Å². The number of carbonyl (C=O) groups excluding carboxylic acids is 1. The van der Waals surface area contributed by atoms with Crippen LogP contribution in [-0.4, -0.2) is 5.78 Å². The Morgan fingerprint density at radius 2 is 1.29 bits per heavy atom. The molecule has 0 bridgehead atoms. The minimum absolute atomic E-state index is 0.0713. The Kier molecular flexibility index (Phi) is 5.52. The van der Waals surface area contributed by atoms with Crippen molar-refractivity contribution in [1.82, 2.24) is 0 Å². The quantitative estimate of drug-likeness (QED) is 0.196. The number of hydrogen-bond donors (Lipinski definition) is 0. The molecule has 126 valence electrons. The van der Waals surface area contributed by atoms with E-state index in [-0.39, 0.29) is 20.6 Å². The molecule has 2 aromatic carbocycles. The van der Waals surface area contributed by atoms with Gasteiger partial charge in [-0.2, -0.15) is 0 Å². The zero-order valence-corrected chi connectivity index (χ0v) is 13.5. The third-order valence-electron chi connectivity index (χ3n) is 2.95. The maximum absolute atomic E-state index is 13.5. The van der Waals surface area contributed by atoms with Crippen LogP contribution in [0.1, 0.15) is 15.9 Å². The summed E-state index contributed by atoms with van der Waals surface area (Å²) in [5, 5.41) is -0.257. The smallest absolute Gasteiger partial charge is 0.200 e. The van der Waals surface area contributed by atoms with Crippen LogP contribution >= 0.6 is 34.8 Å². The van der Waals surface area contributed by atoms with Crippen molar-refractivity contribution in [2.24, 2.45) is 0 Å². The summed E-state index contributed by atoms with van der Waals surface area (Å²) < 4.78 is 66.1. The van der Waals surface area contributed by atoms with E-state index in [1.165, 1.54) is 12.1 Å². The second kappa shape index (κ2) is 7.09. The summed E-state index contributed by atoms with van der Waals surface area (Å²) in [7, 11) is 0. The molecule has 0 heterocycles. The summed E-state index contributed by atoms with van der Waals surface area (Å²) in [6.45, 7) is 0. The fraction of sp³-hybridized carbons (Fsp3) is 0. The van der Waals surface area contributed by atoms with Crippen LogP contribution in [0.15, 0.2) is 18.2 Å². The Morgan fingerprint density at radius 1 is 0.792 bits per heavy atom. The van der Waals surface area contributed by atoms with Gasteiger partial charge >= 0.3 is 0 Å². The van der Waals surface area contributed by atoms with Crippen molar-refractivity contribution < 1.29 is 26.7 Å². The summed E-state index contributed by atoms with van der Waals surface area (Å²) in [5.74, 6) is -11.5. The van der Waals surface area contributed by atoms with Gasteiger partial charge in [-0.3, -0.25) is 4.79 Å². The molecule has 0 radical (unpaired) electrons. The first-order valence-corrected chi connectivity index (χ1v) is 7.17. The summed E-state index contributed by atoms with van der Waals surface area (Å²) in [6, 6.07) is 2.46. The Hall–Kier alpha value is -1.63. The van der Waals surface area contributed by atoms with Crippen LogP contribution in [0.4, 0.5) is 22.0 Å². The van der Waals surface area contributed by atoms with Gasteiger partial charge in [0.15, 0.2) is 29.1 Å². The van der Waals surface area contributed by atoms with Crippen molar-refractivity contribution in [1.29, 1.82) is 0 Å². The average molecular weight is 402 g/mol. The predicted molar refractivity (Wildman–Crippen MR) is 81.1 cm³/mol. The maximum atomic E-state index is 13.5. The van der Waals surface area contributed by atoms with Crippen LogP contribution in [0.2, 0.25) is 15.1 Å². The second-order valence-electron chi connectivity index (χ2n) is 4.40. The molecule has 0 saturated heterocycles. The number of allylic oxidation sites excluding steroid dienone is 1. The van der Waals surface area contributed by atoms with Crippen LogP contribution < -0.4 is 0 Å². The number of hydrogen-bond acceptors (Lipinski definition) is 1. The molecule has 2 rings (SSSR count). The largest absolute Gasteiger partial charge is 0.289 e. The fourth-order valence-corrected chi connectivity index (χ4v) is 2.36. The molecule has 24 heavy (non-hydrogen) atoms. The van der Waals surface area contributed by atoms with E-state index in [1.54, 1.807) is 0 Å². The van der Waals surface area contributed by atoms with Crippen molar-refractivity contribution in [3.8, 4) is 0 Å². The van der Waals surface area contributed by atoms with Gasteiger partial charge in [0, 0.05) is 5.56 Å². The second-order valence-corrected chi connectivity index (χ2v) is 5.57. The van der Waals surface area contributed by atoms with Gasteiger partial charge < -0.3 is 0 Å². The first kappa shape index (κ1) is 18.7. The minimum Gasteiger partial charge on any atom is -0.289 e. The summed E-state index contributed by atoms with van der Waals surface area (Å²) >= 11 is 17.3. The van der Waals surface area contributed by atoms with Crippen molar-refractivity contribution >= 4 is 46.7 Å². The molecule has 0 amide bonds. The topological polar surface area (TPSA) is 17.1 Å². The Labute approximate surface area is 147 Å². The van der Waals surface area contributed by atoms with E-state index in [0.717, 1.165) is 0 Å². The molecule has 0 aromatic heterocycles. The number of carbonyl (C=O) groups is 1. The molecule has 1 nitrogen and oxygen atoms in total. The fourth-order valence-electron chi connectivity index (χ4n) is 1.73. The molecule has 0 aliphatic carbocycles. The van der Waals surface area contributed by atoms with Gasteiger partial charge in [-0.25, -0.2) is 22.0 Å². The van der Waals surface area contributed by atoms with Gasteiger partial charge in [0.1, 0.15) is 0 Å². The van der Waals surface area contributed by atoms with Crippen molar-refractivity contribution in [2.45, 2.75) is 0 Å². The zero-order chi connectivity index (χ0) is 18.2. The third kappa shape index (κ3) is 3.27. The SMILES string of the molecule is O=C(C=Cc1c(F)c(F)c(F)c(F)c1F)c1ccc(Cl)c(Cl)c1Cl. The summed E-state index contributed by atoms with van der Waals surface area (Å²) in [5.41, 5.74) is -1.41. The summed E-state index contributed by atoms with van der Waals surface area (Å²) in [4.78, 5) is 12.0. The highest BCUT2D eigenvalue weighted by molar-refractivity contribution is 6.49. The molecule has 0 spiro atoms. The predicted octanol–water partition coefficient (Wildman–Crippen LogP) is 6.24. The van der Waals surface area contributed by atoms with E-state index in [1.807, 2.05) is 0 Å². The van der Waals surface area contributed by atoms with E-state index in [4.69, 9.17) is 34.8 Å². The molecule has 0 aliphatic rings. The van der Waals surface area contributed by atoms with Gasteiger partial charge in [0.05, 0.1) is 20.6 Å². The molecule has 0 aliphatic heterocycles. The Balaban J connectivity index is 2.46. The monoisotopic (exact) mass is 400 g/mol. The highest BCUT2D eigenvalue weighted by Gasteiger charge is 2.24. The van der Waals surface area contributed by atoms with Crippen molar-refractivity contribution in [2.75, 3.05) is 0 Å². The molecule has 9 heteroatoms. The number of benzene rings is 2. The van der Waals surface area contributed by atoms with E-state index in [2.05, 4.69) is 0 Å². The summed E-state index contributed by atoms with van der Waals surface area (Å²) in [6.07, 6.45) is 1.06. The maximum Gasteiger partial charge on any atom is 0.200 e. The van der Waals surface area contributed by atoms with Gasteiger partial charge in [-0.1, -0.05) is 34.8 Å². The van der Waals surface area contributed by atoms with Crippen molar-refractivity contribution in [3.63, 3.8) is 0 Å². The standard InChI is InChI=1S/C15H4Cl3F5O/c16-7-3-1-5(9(17)10(7)18)8(24)4-2-6-11(19)13(21)15(23)14(22)12(6)20/h1-4H. The van der Waals surface area contributed by atoms with E-state index in [0.29, 0.717) is 12.2 Å². The molecule has 0 atom stereocenters. The highest BCUT2D eigenvalue weighted by Crippen LogP contribution is 2.33. The molecule has 0 N–H and O–H groups in total. The first-order chi connectivity index (χ1) is 11.2. The molecule has 0 fully saturated rings. The number of halogens is 8. The minimum atomic E-state index is -2.29. The Bertz CT molecular complexity index is 851. The van der Waals surface area contributed by atoms with Gasteiger partial charge in [0.25, 0.3) is 0 Å². The van der Waals surface area contributed by atoms with Crippen LogP contribution in [0, 0.1) is 29.1 Å². The van der Waals surface area contributed by atoms with Crippen LogP contribution in [0.5, 0.6) is 0 Å². The van der Waals surface area contributed by atoms with Gasteiger partial charge in [-0.15, -0.1) is 0 Å². The molecule has 0 saturated carbocycles. The van der Waals surface area contributed by atoms with Crippen LogP contribution in [0.25, 0.3) is 6.08 Å². The lowest BCUT2D eigenvalue weighted by Gasteiger charge is -2.05. The number of rotatable bonds is 3. The van der Waals surface area contributed by atoms with Gasteiger partial charge in [-0.05, 0) is 24.3 Å². The Morgan fingerprint density at radius 3 is 1.83 bits per heavy atom. The van der Waals surface area contributed by atoms with E-state index >= 15 is 0 Å². The molecular weight excluding hydrogens is 398 g/mol. The zero-order valence-electron chi connectivity index (χ0n) is 11.2. The van der Waals surface area contributed by atoms with Gasteiger partial charge in [0.2, 0.25) is 5.82 Å². The van der Waals surface area contributed by atoms with Crippen molar-refractivity contribution in [3.05, 3.63) is 73.5 Å². The average Bonchev–Trinajstić information content (AvgIpc) is 2.56. The highest BCUT2D eigenvalue weighted by atomic mass is 35.5. The third-order valence-corrected chi connectivity index (χ3v) is 4.24.